The minimum Gasteiger partial charge on any atom is -0.469 e. The molecule has 1 fully saturated rings. The second kappa shape index (κ2) is 4.91. The number of carbonyl (C=O) groups excluding carboxylic acids is 1. The Labute approximate surface area is 88.9 Å². The van der Waals surface area contributed by atoms with E-state index in [-0.39, 0.29) is 24.7 Å². The fraction of sp³-hybridized carbons (Fsp3) is 0.875. The van der Waals surface area contributed by atoms with Gasteiger partial charge in [-0.1, -0.05) is 0 Å². The minimum absolute atomic E-state index is 0.00300. The van der Waals surface area contributed by atoms with Gasteiger partial charge in [0.25, 0.3) is 0 Å². The Bertz CT molecular complexity index is 320. The molecule has 0 radical (unpaired) electrons. The van der Waals surface area contributed by atoms with Crippen LogP contribution >= 0.6 is 0 Å². The van der Waals surface area contributed by atoms with Crippen LogP contribution in [0.1, 0.15) is 6.42 Å². The van der Waals surface area contributed by atoms with Crippen LogP contribution in [0.2, 0.25) is 0 Å². The highest BCUT2D eigenvalue weighted by molar-refractivity contribution is 7.89. The Balaban J connectivity index is 2.37. The third kappa shape index (κ3) is 3.15. The van der Waals surface area contributed by atoms with Crippen molar-refractivity contribution >= 4 is 16.0 Å². The maximum absolute atomic E-state index is 11.5. The number of methoxy groups -OCH3 is 1. The summed E-state index contributed by atoms with van der Waals surface area (Å²) in [6.07, 6.45) is -0.126. The number of nitrogens with zero attached hydrogens (tertiary/aromatic N) is 1. The van der Waals surface area contributed by atoms with E-state index in [2.05, 4.69) is 4.74 Å². The van der Waals surface area contributed by atoms with Gasteiger partial charge in [0.1, 0.15) is 0 Å². The summed E-state index contributed by atoms with van der Waals surface area (Å²) in [7, 11) is -2.13. The minimum atomic E-state index is -3.35. The number of carbonyl (C=O) groups is 1. The van der Waals surface area contributed by atoms with Crippen LogP contribution in [0.3, 0.4) is 0 Å². The molecule has 1 saturated heterocycles. The van der Waals surface area contributed by atoms with Gasteiger partial charge < -0.3 is 9.84 Å². The van der Waals surface area contributed by atoms with Crippen molar-refractivity contribution in [2.45, 2.75) is 6.42 Å². The molecule has 1 aliphatic heterocycles. The van der Waals surface area contributed by atoms with Crippen LogP contribution in [0.25, 0.3) is 0 Å². The summed E-state index contributed by atoms with van der Waals surface area (Å²) in [5.41, 5.74) is 0. The first kappa shape index (κ1) is 12.4. The van der Waals surface area contributed by atoms with Gasteiger partial charge in [0, 0.05) is 25.6 Å². The first-order valence-electron chi connectivity index (χ1n) is 4.65. The lowest BCUT2D eigenvalue weighted by molar-refractivity contribution is -0.140. The highest BCUT2D eigenvalue weighted by atomic mass is 32.2. The molecule has 0 bridgehead atoms. The van der Waals surface area contributed by atoms with Gasteiger partial charge in [-0.15, -0.1) is 0 Å². The Morgan fingerprint density at radius 2 is 2.13 bits per heavy atom. The molecule has 0 aromatic rings. The van der Waals surface area contributed by atoms with E-state index in [0.29, 0.717) is 13.1 Å². The molecule has 15 heavy (non-hydrogen) atoms. The van der Waals surface area contributed by atoms with Gasteiger partial charge in [-0.25, -0.2) is 12.7 Å². The zero-order valence-corrected chi connectivity index (χ0v) is 9.37. The summed E-state index contributed by atoms with van der Waals surface area (Å²) < 4.78 is 28.7. The van der Waals surface area contributed by atoms with Crippen molar-refractivity contribution < 1.29 is 23.1 Å². The van der Waals surface area contributed by atoms with Gasteiger partial charge in [-0.2, -0.15) is 0 Å². The molecule has 0 saturated carbocycles. The monoisotopic (exact) mass is 237 g/mol. The SMILES string of the molecule is COC(=O)CCS(=O)(=O)N1CC(CO)C1. The second-order valence-corrected chi connectivity index (χ2v) is 5.60. The van der Waals surface area contributed by atoms with Crippen molar-refractivity contribution in [3.05, 3.63) is 0 Å². The van der Waals surface area contributed by atoms with Crippen molar-refractivity contribution in [2.24, 2.45) is 5.92 Å². The molecule has 0 amide bonds. The summed E-state index contributed by atoms with van der Waals surface area (Å²) in [6.45, 7) is 0.697. The van der Waals surface area contributed by atoms with E-state index >= 15 is 0 Å². The quantitative estimate of drug-likeness (QED) is 0.607. The van der Waals surface area contributed by atoms with Crippen molar-refractivity contribution in [1.82, 2.24) is 4.31 Å². The maximum atomic E-state index is 11.5. The topological polar surface area (TPSA) is 83.9 Å². The zero-order valence-electron chi connectivity index (χ0n) is 8.55. The molecule has 1 heterocycles. The van der Waals surface area contributed by atoms with Crippen LogP contribution in [-0.2, 0) is 19.6 Å². The number of aliphatic hydroxyl groups is 1. The van der Waals surface area contributed by atoms with Crippen LogP contribution in [-0.4, -0.2) is 56.4 Å². The van der Waals surface area contributed by atoms with Crippen LogP contribution < -0.4 is 0 Å². The van der Waals surface area contributed by atoms with E-state index in [1.165, 1.54) is 11.4 Å². The third-order valence-electron chi connectivity index (χ3n) is 2.37. The summed E-state index contributed by atoms with van der Waals surface area (Å²) >= 11 is 0. The number of esters is 1. The first-order valence-corrected chi connectivity index (χ1v) is 6.26. The molecule has 0 atom stereocenters. The van der Waals surface area contributed by atoms with Crippen molar-refractivity contribution in [3.8, 4) is 0 Å². The van der Waals surface area contributed by atoms with Crippen LogP contribution in [0.5, 0.6) is 0 Å². The number of hydrogen-bond donors (Lipinski definition) is 1. The van der Waals surface area contributed by atoms with E-state index in [1.807, 2.05) is 0 Å². The highest BCUT2D eigenvalue weighted by Gasteiger charge is 2.35. The predicted molar refractivity (Wildman–Crippen MR) is 52.6 cm³/mol. The average molecular weight is 237 g/mol. The largest absolute Gasteiger partial charge is 0.469 e. The molecular formula is C8H15NO5S. The lowest BCUT2D eigenvalue weighted by atomic mass is 10.1. The third-order valence-corrected chi connectivity index (χ3v) is 4.17. The smallest absolute Gasteiger partial charge is 0.306 e. The lowest BCUT2D eigenvalue weighted by Gasteiger charge is -2.36. The Morgan fingerprint density at radius 1 is 1.53 bits per heavy atom. The van der Waals surface area contributed by atoms with E-state index in [4.69, 9.17) is 5.11 Å². The molecule has 1 aliphatic rings. The Hall–Kier alpha value is -0.660. The van der Waals surface area contributed by atoms with Gasteiger partial charge in [0.05, 0.1) is 19.3 Å². The number of sulfonamides is 1. The number of aliphatic hydroxyl groups excluding tert-OH is 1. The summed E-state index contributed by atoms with van der Waals surface area (Å²) in [5, 5.41) is 8.73. The van der Waals surface area contributed by atoms with E-state index < -0.39 is 16.0 Å². The highest BCUT2D eigenvalue weighted by Crippen LogP contribution is 2.19. The predicted octanol–water partition coefficient (Wildman–Crippen LogP) is -1.20. The average Bonchev–Trinajstić information content (AvgIpc) is 2.12. The van der Waals surface area contributed by atoms with E-state index in [1.54, 1.807) is 0 Å². The van der Waals surface area contributed by atoms with Crippen molar-refractivity contribution in [3.63, 3.8) is 0 Å². The number of hydrogen-bond acceptors (Lipinski definition) is 5. The van der Waals surface area contributed by atoms with Gasteiger partial charge in [0.2, 0.25) is 10.0 Å². The maximum Gasteiger partial charge on any atom is 0.306 e. The molecule has 0 aliphatic carbocycles. The fourth-order valence-electron chi connectivity index (χ4n) is 1.31. The van der Waals surface area contributed by atoms with Crippen molar-refractivity contribution in [1.29, 1.82) is 0 Å². The molecule has 0 aromatic carbocycles. The first-order chi connectivity index (χ1) is 6.99. The molecule has 0 aromatic heterocycles. The molecule has 88 valence electrons. The second-order valence-electron chi connectivity index (χ2n) is 3.51. The Morgan fingerprint density at radius 3 is 2.60 bits per heavy atom. The molecule has 6 nitrogen and oxygen atoms in total. The molecule has 0 unspecified atom stereocenters. The van der Waals surface area contributed by atoms with Crippen LogP contribution in [0.4, 0.5) is 0 Å². The van der Waals surface area contributed by atoms with Gasteiger partial charge in [0.15, 0.2) is 0 Å². The normalized spacial score (nSPS) is 18.5. The summed E-state index contributed by atoms with van der Waals surface area (Å²) in [4.78, 5) is 10.8. The van der Waals surface area contributed by atoms with Crippen LogP contribution in [0.15, 0.2) is 0 Å². The molecule has 0 spiro atoms. The summed E-state index contributed by atoms with van der Waals surface area (Å²) in [5.74, 6) is -0.714. The van der Waals surface area contributed by atoms with E-state index in [0.717, 1.165) is 0 Å². The zero-order chi connectivity index (χ0) is 11.5. The van der Waals surface area contributed by atoms with Gasteiger partial charge in [-0.05, 0) is 0 Å². The Kier molecular flexibility index (Phi) is 4.06. The standard InChI is InChI=1S/C8H15NO5S/c1-14-8(11)2-3-15(12,13)9-4-7(5-9)6-10/h7,10H,2-6H2,1H3. The number of ether oxygens (including phenoxy) is 1. The lowest BCUT2D eigenvalue weighted by Crippen LogP contribution is -2.52. The van der Waals surface area contributed by atoms with Crippen LogP contribution in [0, 0.1) is 5.92 Å². The van der Waals surface area contributed by atoms with Gasteiger partial charge in [-0.3, -0.25) is 4.79 Å². The fourth-order valence-corrected chi connectivity index (χ4v) is 2.87. The summed E-state index contributed by atoms with van der Waals surface area (Å²) in [6, 6.07) is 0. The van der Waals surface area contributed by atoms with Gasteiger partial charge >= 0.3 is 5.97 Å². The number of rotatable bonds is 5. The molecule has 1 N–H and O–H groups in total. The van der Waals surface area contributed by atoms with Crippen molar-refractivity contribution in [2.75, 3.05) is 32.6 Å². The molecule has 1 rings (SSSR count). The molecule has 7 heteroatoms. The molecular weight excluding hydrogens is 222 g/mol. The van der Waals surface area contributed by atoms with E-state index in [9.17, 15) is 13.2 Å².